The molecule has 8 nitrogen and oxygen atoms in total. The number of rotatable bonds is 8. The molecule has 0 radical (unpaired) electrons. The zero-order chi connectivity index (χ0) is 23.3. The van der Waals surface area contributed by atoms with Crippen LogP contribution in [0.25, 0.3) is 0 Å². The molecule has 2 fully saturated rings. The second kappa shape index (κ2) is 10.5. The molecule has 2 aliphatic rings. The van der Waals surface area contributed by atoms with E-state index in [0.29, 0.717) is 25.2 Å². The summed E-state index contributed by atoms with van der Waals surface area (Å²) in [5, 5.41) is 2.95. The summed E-state index contributed by atoms with van der Waals surface area (Å²) in [5.41, 5.74) is 1.58. The predicted octanol–water partition coefficient (Wildman–Crippen LogP) is 2.03. The third-order valence-corrected chi connectivity index (χ3v) is 8.24. The van der Waals surface area contributed by atoms with Crippen molar-refractivity contribution in [2.24, 2.45) is 0 Å². The number of ether oxygens (including phenoxy) is 1. The van der Waals surface area contributed by atoms with Crippen LogP contribution in [0.3, 0.4) is 0 Å². The maximum atomic E-state index is 12.6. The monoisotopic (exact) mass is 472 g/mol. The number of methoxy groups -OCH3 is 1. The zero-order valence-electron chi connectivity index (χ0n) is 19.1. The Bertz CT molecular complexity index is 1040. The number of hydrogen-bond donors (Lipinski definition) is 1. The van der Waals surface area contributed by atoms with Crippen LogP contribution in [0.5, 0.6) is 5.75 Å². The average molecular weight is 473 g/mol. The van der Waals surface area contributed by atoms with E-state index >= 15 is 0 Å². The molecular weight excluding hydrogens is 440 g/mol. The van der Waals surface area contributed by atoms with Crippen molar-refractivity contribution < 1.29 is 17.9 Å². The first-order valence-corrected chi connectivity index (χ1v) is 12.9. The SMILES string of the molecule is COc1ccccc1N1CCN(CCNC(=O)c2ccc(S(=O)(=O)N3CCCC3)cc2)CC1. The van der Waals surface area contributed by atoms with E-state index in [1.54, 1.807) is 19.2 Å². The number of amides is 1. The highest BCUT2D eigenvalue weighted by Crippen LogP contribution is 2.28. The molecule has 2 aliphatic heterocycles. The summed E-state index contributed by atoms with van der Waals surface area (Å²) in [6.07, 6.45) is 1.80. The lowest BCUT2D eigenvalue weighted by molar-refractivity contribution is 0.0947. The Morgan fingerprint density at radius 2 is 1.61 bits per heavy atom. The molecule has 33 heavy (non-hydrogen) atoms. The molecule has 9 heteroatoms. The molecule has 0 bridgehead atoms. The van der Waals surface area contributed by atoms with Crippen molar-refractivity contribution >= 4 is 21.6 Å². The number of piperazine rings is 1. The first-order chi connectivity index (χ1) is 16.0. The number of nitrogens with one attached hydrogen (secondary N) is 1. The molecule has 2 aromatic carbocycles. The van der Waals surface area contributed by atoms with Gasteiger partial charge in [-0.15, -0.1) is 0 Å². The molecule has 0 saturated carbocycles. The van der Waals surface area contributed by atoms with Gasteiger partial charge >= 0.3 is 0 Å². The van der Waals surface area contributed by atoms with E-state index in [4.69, 9.17) is 4.74 Å². The minimum absolute atomic E-state index is 0.187. The van der Waals surface area contributed by atoms with Gasteiger partial charge in [-0.25, -0.2) is 8.42 Å². The highest BCUT2D eigenvalue weighted by Gasteiger charge is 2.27. The summed E-state index contributed by atoms with van der Waals surface area (Å²) in [6, 6.07) is 14.3. The first kappa shape index (κ1) is 23.5. The van der Waals surface area contributed by atoms with E-state index in [0.717, 1.165) is 57.0 Å². The van der Waals surface area contributed by atoms with Crippen LogP contribution in [-0.2, 0) is 10.0 Å². The molecule has 0 aromatic heterocycles. The van der Waals surface area contributed by atoms with Crippen molar-refractivity contribution in [2.45, 2.75) is 17.7 Å². The summed E-state index contributed by atoms with van der Waals surface area (Å²) in [4.78, 5) is 17.4. The van der Waals surface area contributed by atoms with Gasteiger partial charge in [-0.3, -0.25) is 9.69 Å². The van der Waals surface area contributed by atoms with Gasteiger partial charge in [-0.1, -0.05) is 12.1 Å². The number of hydrogen-bond acceptors (Lipinski definition) is 6. The number of nitrogens with zero attached hydrogens (tertiary/aromatic N) is 3. The van der Waals surface area contributed by atoms with E-state index in [1.165, 1.54) is 16.4 Å². The van der Waals surface area contributed by atoms with Crippen molar-refractivity contribution in [1.29, 1.82) is 0 Å². The smallest absolute Gasteiger partial charge is 0.251 e. The number of sulfonamides is 1. The van der Waals surface area contributed by atoms with Gasteiger partial charge in [0, 0.05) is 57.9 Å². The standard InChI is InChI=1S/C24H32N4O4S/c1-32-23-7-3-2-6-22(23)27-18-16-26(17-19-27)15-12-25-24(29)20-8-10-21(11-9-20)33(30,31)28-13-4-5-14-28/h2-3,6-11H,4-5,12-19H2,1H3,(H,25,29). The number of carbonyl (C=O) groups is 1. The Morgan fingerprint density at radius 3 is 2.27 bits per heavy atom. The van der Waals surface area contributed by atoms with Crippen LogP contribution in [-0.4, -0.2) is 83.0 Å². The number of anilines is 1. The summed E-state index contributed by atoms with van der Waals surface area (Å²) >= 11 is 0. The lowest BCUT2D eigenvalue weighted by atomic mass is 10.2. The molecule has 2 saturated heterocycles. The van der Waals surface area contributed by atoms with Crippen molar-refractivity contribution in [3.05, 3.63) is 54.1 Å². The second-order valence-electron chi connectivity index (χ2n) is 8.39. The van der Waals surface area contributed by atoms with Gasteiger partial charge in [0.2, 0.25) is 10.0 Å². The molecule has 4 rings (SSSR count). The van der Waals surface area contributed by atoms with Crippen LogP contribution in [0.4, 0.5) is 5.69 Å². The molecular formula is C24H32N4O4S. The van der Waals surface area contributed by atoms with Gasteiger partial charge in [-0.05, 0) is 49.2 Å². The normalized spacial score (nSPS) is 17.8. The quantitative estimate of drug-likeness (QED) is 0.633. The fraction of sp³-hybridized carbons (Fsp3) is 0.458. The highest BCUT2D eigenvalue weighted by molar-refractivity contribution is 7.89. The Morgan fingerprint density at radius 1 is 0.939 bits per heavy atom. The van der Waals surface area contributed by atoms with Crippen LogP contribution in [0.15, 0.2) is 53.4 Å². The van der Waals surface area contributed by atoms with Crippen LogP contribution in [0.1, 0.15) is 23.2 Å². The van der Waals surface area contributed by atoms with E-state index in [1.807, 2.05) is 18.2 Å². The van der Waals surface area contributed by atoms with Crippen molar-refractivity contribution in [1.82, 2.24) is 14.5 Å². The van der Waals surface area contributed by atoms with Crippen molar-refractivity contribution in [3.8, 4) is 5.75 Å². The molecule has 2 heterocycles. The summed E-state index contributed by atoms with van der Waals surface area (Å²) < 4.78 is 32.2. The van der Waals surface area contributed by atoms with E-state index < -0.39 is 10.0 Å². The van der Waals surface area contributed by atoms with Crippen LogP contribution in [0.2, 0.25) is 0 Å². The second-order valence-corrected chi connectivity index (χ2v) is 10.3. The van der Waals surface area contributed by atoms with Crippen LogP contribution < -0.4 is 15.0 Å². The van der Waals surface area contributed by atoms with Gasteiger partial charge in [0.1, 0.15) is 5.75 Å². The Hall–Kier alpha value is -2.62. The minimum atomic E-state index is -3.46. The summed E-state index contributed by atoms with van der Waals surface area (Å²) in [6.45, 7) is 6.08. The molecule has 1 amide bonds. The molecule has 178 valence electrons. The van der Waals surface area contributed by atoms with Crippen LogP contribution in [0, 0.1) is 0 Å². The maximum Gasteiger partial charge on any atom is 0.251 e. The third kappa shape index (κ3) is 5.48. The molecule has 1 N–H and O–H groups in total. The highest BCUT2D eigenvalue weighted by atomic mass is 32.2. The Labute approximate surface area is 196 Å². The Kier molecular flexibility index (Phi) is 7.52. The number of para-hydroxylation sites is 2. The van der Waals surface area contributed by atoms with E-state index in [2.05, 4.69) is 21.2 Å². The maximum absolute atomic E-state index is 12.6. The first-order valence-electron chi connectivity index (χ1n) is 11.5. The van der Waals surface area contributed by atoms with Gasteiger partial charge in [0.05, 0.1) is 17.7 Å². The zero-order valence-corrected chi connectivity index (χ0v) is 19.9. The number of benzene rings is 2. The molecule has 0 aliphatic carbocycles. The molecule has 0 unspecified atom stereocenters. The number of carbonyl (C=O) groups excluding carboxylic acids is 1. The van der Waals surface area contributed by atoms with Crippen LogP contribution >= 0.6 is 0 Å². The predicted molar refractivity (Wildman–Crippen MR) is 128 cm³/mol. The lowest BCUT2D eigenvalue weighted by Gasteiger charge is -2.36. The van der Waals surface area contributed by atoms with E-state index in [9.17, 15) is 13.2 Å². The minimum Gasteiger partial charge on any atom is -0.495 e. The fourth-order valence-corrected chi connectivity index (χ4v) is 5.91. The average Bonchev–Trinajstić information content (AvgIpc) is 3.41. The molecule has 2 aromatic rings. The summed E-state index contributed by atoms with van der Waals surface area (Å²) in [5.74, 6) is 0.699. The van der Waals surface area contributed by atoms with Gasteiger partial charge in [0.25, 0.3) is 5.91 Å². The van der Waals surface area contributed by atoms with Crippen molar-refractivity contribution in [2.75, 3.05) is 64.4 Å². The summed E-state index contributed by atoms with van der Waals surface area (Å²) in [7, 11) is -1.77. The van der Waals surface area contributed by atoms with Gasteiger partial charge < -0.3 is 15.0 Å². The third-order valence-electron chi connectivity index (χ3n) is 6.33. The van der Waals surface area contributed by atoms with Gasteiger partial charge in [0.15, 0.2) is 0 Å². The Balaban J connectivity index is 1.23. The largest absolute Gasteiger partial charge is 0.495 e. The molecule has 0 atom stereocenters. The van der Waals surface area contributed by atoms with Gasteiger partial charge in [-0.2, -0.15) is 4.31 Å². The fourth-order valence-electron chi connectivity index (χ4n) is 4.39. The lowest BCUT2D eigenvalue weighted by Crippen LogP contribution is -2.48. The van der Waals surface area contributed by atoms with Crippen molar-refractivity contribution in [3.63, 3.8) is 0 Å². The van der Waals surface area contributed by atoms with E-state index in [-0.39, 0.29) is 10.8 Å². The topological polar surface area (TPSA) is 82.2 Å². The molecule has 0 spiro atoms.